The van der Waals surface area contributed by atoms with Crippen molar-refractivity contribution in [3.8, 4) is 0 Å². The minimum absolute atomic E-state index is 0.00653. The van der Waals surface area contributed by atoms with E-state index in [1.54, 1.807) is 0 Å². The summed E-state index contributed by atoms with van der Waals surface area (Å²) in [5.41, 5.74) is 0. The van der Waals surface area contributed by atoms with Crippen LogP contribution in [0, 0.1) is 0 Å². The van der Waals surface area contributed by atoms with E-state index in [9.17, 15) is 0 Å². The first-order valence-electron chi connectivity index (χ1n) is 7.77. The molecule has 0 aliphatic carbocycles. The van der Waals surface area contributed by atoms with Crippen molar-refractivity contribution in [2.75, 3.05) is 59.5 Å². The Morgan fingerprint density at radius 2 is 1.60 bits per heavy atom. The van der Waals surface area contributed by atoms with Gasteiger partial charge < -0.3 is 28.4 Å². The number of hydrogen-bond acceptors (Lipinski definition) is 6. The summed E-state index contributed by atoms with van der Waals surface area (Å²) in [6, 6.07) is 0. The molecule has 20 heavy (non-hydrogen) atoms. The zero-order chi connectivity index (χ0) is 15.4. The smallest absolute Gasteiger partial charge is 0.163 e. The molecule has 0 aromatic heterocycles. The third-order valence-corrected chi connectivity index (χ3v) is 2.63. The van der Waals surface area contributed by atoms with E-state index in [2.05, 4.69) is 0 Å². The van der Waals surface area contributed by atoms with Crippen LogP contribution in [0.15, 0.2) is 0 Å². The molecule has 0 aromatic carbocycles. The average Bonchev–Trinajstić information content (AvgIpc) is 2.79. The third kappa shape index (κ3) is 8.84. The molecule has 1 saturated heterocycles. The quantitative estimate of drug-likeness (QED) is 0.504. The zero-order valence-corrected chi connectivity index (χ0v) is 12.6. The van der Waals surface area contributed by atoms with E-state index in [1.807, 2.05) is 13.8 Å². The fraction of sp³-hybridized carbons (Fsp3) is 1.00. The highest BCUT2D eigenvalue weighted by atomic mass is 16.7. The maximum absolute atomic E-state index is 6.89. The molecule has 1 aliphatic heterocycles. The van der Waals surface area contributed by atoms with Crippen LogP contribution in [-0.2, 0) is 28.4 Å². The van der Waals surface area contributed by atoms with Crippen LogP contribution < -0.4 is 0 Å². The maximum Gasteiger partial charge on any atom is 0.163 e. The lowest BCUT2D eigenvalue weighted by Gasteiger charge is -2.17. The summed E-state index contributed by atoms with van der Waals surface area (Å²) in [7, 11) is 0. The predicted octanol–water partition coefficient (Wildman–Crippen LogP) is 1.22. The second-order valence-electron chi connectivity index (χ2n) is 4.86. The Bertz CT molecular complexity index is 252. The summed E-state index contributed by atoms with van der Waals surface area (Å²) in [5.74, 6) is -0.494. The van der Waals surface area contributed by atoms with Crippen molar-refractivity contribution in [2.24, 2.45) is 0 Å². The second-order valence-corrected chi connectivity index (χ2v) is 4.86. The van der Waals surface area contributed by atoms with Crippen molar-refractivity contribution in [3.63, 3.8) is 0 Å². The van der Waals surface area contributed by atoms with Crippen LogP contribution in [0.2, 0.25) is 0 Å². The molecule has 6 nitrogen and oxygen atoms in total. The molecule has 1 heterocycles. The fourth-order valence-electron chi connectivity index (χ4n) is 1.72. The van der Waals surface area contributed by atoms with Gasteiger partial charge in [0, 0.05) is 7.98 Å². The van der Waals surface area contributed by atoms with Crippen molar-refractivity contribution < 1.29 is 29.8 Å². The molecule has 1 atom stereocenters. The monoisotopic (exact) mass is 293 g/mol. The van der Waals surface area contributed by atoms with Crippen LogP contribution >= 0.6 is 0 Å². The molecule has 0 spiro atoms. The van der Waals surface area contributed by atoms with E-state index in [-0.39, 0.29) is 6.10 Å². The highest BCUT2D eigenvalue weighted by Crippen LogP contribution is 2.22. The van der Waals surface area contributed by atoms with E-state index >= 15 is 0 Å². The highest BCUT2D eigenvalue weighted by molar-refractivity contribution is 4.70. The van der Waals surface area contributed by atoms with Crippen molar-refractivity contribution in [3.05, 3.63) is 0 Å². The number of ether oxygens (including phenoxy) is 6. The summed E-state index contributed by atoms with van der Waals surface area (Å²) in [5, 5.41) is 0. The Morgan fingerprint density at radius 1 is 1.00 bits per heavy atom. The highest BCUT2D eigenvalue weighted by Gasteiger charge is 2.32. The standard InChI is InChI=1S/C14H28O6/c1-4-15-5-6-16-7-8-17-9-10-18-11-13-12-19-14(2,3)20-13/h13H,4-12H2,1-3H3/i1D. The Labute approximate surface area is 123 Å². The van der Waals surface area contributed by atoms with Crippen molar-refractivity contribution in [1.82, 2.24) is 0 Å². The molecule has 0 bridgehead atoms. The first-order valence-corrected chi connectivity index (χ1v) is 7.06. The second kappa shape index (κ2) is 10.5. The van der Waals surface area contributed by atoms with Gasteiger partial charge in [-0.2, -0.15) is 0 Å². The van der Waals surface area contributed by atoms with Gasteiger partial charge in [0.1, 0.15) is 6.10 Å². The number of rotatable bonds is 12. The van der Waals surface area contributed by atoms with Crippen molar-refractivity contribution in [2.45, 2.75) is 32.6 Å². The lowest BCUT2D eigenvalue weighted by atomic mass is 10.4. The molecule has 1 unspecified atom stereocenters. The molecule has 0 N–H and O–H groups in total. The Kier molecular flexibility index (Phi) is 8.46. The molecule has 120 valence electrons. The van der Waals surface area contributed by atoms with Gasteiger partial charge in [-0.15, -0.1) is 0 Å². The summed E-state index contributed by atoms with van der Waals surface area (Å²) >= 11 is 0. The summed E-state index contributed by atoms with van der Waals surface area (Å²) < 4.78 is 39.2. The molecule has 0 radical (unpaired) electrons. The first-order chi connectivity index (χ1) is 10.1. The Hall–Kier alpha value is -0.240. The van der Waals surface area contributed by atoms with Gasteiger partial charge in [-0.1, -0.05) is 0 Å². The number of hydrogen-bond donors (Lipinski definition) is 0. The first kappa shape index (κ1) is 16.1. The molecule has 6 heteroatoms. The molecule has 1 aliphatic rings. The summed E-state index contributed by atoms with van der Waals surface area (Å²) in [4.78, 5) is 0. The summed E-state index contributed by atoms with van der Waals surface area (Å²) in [6.45, 7) is 8.86. The van der Waals surface area contributed by atoms with E-state index < -0.39 is 5.79 Å². The van der Waals surface area contributed by atoms with Gasteiger partial charge in [0.25, 0.3) is 0 Å². The van der Waals surface area contributed by atoms with E-state index in [1.165, 1.54) is 0 Å². The maximum atomic E-state index is 6.89. The van der Waals surface area contributed by atoms with Gasteiger partial charge in [-0.25, -0.2) is 0 Å². The van der Waals surface area contributed by atoms with Gasteiger partial charge in [-0.3, -0.25) is 0 Å². The average molecular weight is 293 g/mol. The molecule has 1 fully saturated rings. The zero-order valence-electron chi connectivity index (χ0n) is 13.6. The minimum Gasteiger partial charge on any atom is -0.379 e. The molecular weight excluding hydrogens is 264 g/mol. The predicted molar refractivity (Wildman–Crippen MR) is 73.9 cm³/mol. The molecule has 0 amide bonds. The van der Waals surface area contributed by atoms with Crippen LogP contribution in [-0.4, -0.2) is 71.4 Å². The van der Waals surface area contributed by atoms with Crippen LogP contribution in [0.5, 0.6) is 0 Å². The van der Waals surface area contributed by atoms with Crippen LogP contribution in [0.25, 0.3) is 0 Å². The normalized spacial score (nSPS) is 22.1. The fourth-order valence-corrected chi connectivity index (χ4v) is 1.72. The van der Waals surface area contributed by atoms with Gasteiger partial charge >= 0.3 is 0 Å². The Balaban J connectivity index is 1.75. The third-order valence-electron chi connectivity index (χ3n) is 2.63. The van der Waals surface area contributed by atoms with Crippen molar-refractivity contribution in [1.29, 1.82) is 0 Å². The van der Waals surface area contributed by atoms with Gasteiger partial charge in [-0.05, 0) is 20.7 Å². The van der Waals surface area contributed by atoms with E-state index in [0.717, 1.165) is 0 Å². The molecule has 1 rings (SSSR count). The summed E-state index contributed by atoms with van der Waals surface area (Å²) in [6.07, 6.45) is 0.00653. The largest absolute Gasteiger partial charge is 0.379 e. The van der Waals surface area contributed by atoms with Gasteiger partial charge in [0.2, 0.25) is 0 Å². The minimum atomic E-state index is -0.494. The lowest BCUT2D eigenvalue weighted by molar-refractivity contribution is -0.145. The Morgan fingerprint density at radius 3 is 2.15 bits per heavy atom. The lowest BCUT2D eigenvalue weighted by Crippen LogP contribution is -2.24. The molecule has 0 saturated carbocycles. The molecular formula is C14H28O6. The van der Waals surface area contributed by atoms with Crippen LogP contribution in [0.3, 0.4) is 0 Å². The van der Waals surface area contributed by atoms with E-state index in [0.29, 0.717) is 66.4 Å². The van der Waals surface area contributed by atoms with Crippen LogP contribution in [0.1, 0.15) is 22.1 Å². The van der Waals surface area contributed by atoms with Crippen LogP contribution in [0.4, 0.5) is 0 Å². The van der Waals surface area contributed by atoms with Gasteiger partial charge in [0.05, 0.1) is 52.9 Å². The van der Waals surface area contributed by atoms with Crippen molar-refractivity contribution >= 4 is 0 Å². The topological polar surface area (TPSA) is 55.4 Å². The molecule has 0 aromatic rings. The van der Waals surface area contributed by atoms with Gasteiger partial charge in [0.15, 0.2) is 5.79 Å². The van der Waals surface area contributed by atoms with E-state index in [4.69, 9.17) is 29.8 Å². The SMILES string of the molecule is [2H]CCOCCOCCOCCOCC1COC(C)(C)O1.